The molecule has 0 spiro atoms. The zero-order chi connectivity index (χ0) is 13.8. The molecule has 1 aromatic rings. The molecule has 0 fully saturated rings. The molecule has 0 radical (unpaired) electrons. The van der Waals surface area contributed by atoms with Crippen LogP contribution in [0, 0.1) is 0 Å². The molecule has 6 heteroatoms. The molecule has 0 bridgehead atoms. The second-order valence-corrected chi connectivity index (χ2v) is 6.41. The van der Waals surface area contributed by atoms with Crippen molar-refractivity contribution in [1.82, 2.24) is 4.90 Å². The number of rotatable bonds is 5. The van der Waals surface area contributed by atoms with Gasteiger partial charge in [0, 0.05) is 32.6 Å². The lowest BCUT2D eigenvalue weighted by Gasteiger charge is -2.18. The van der Waals surface area contributed by atoms with Gasteiger partial charge in [-0.15, -0.1) is 0 Å². The summed E-state index contributed by atoms with van der Waals surface area (Å²) in [7, 11) is 0.276. The zero-order valence-corrected chi connectivity index (χ0v) is 11.6. The molecule has 0 aliphatic rings. The van der Waals surface area contributed by atoms with Crippen molar-refractivity contribution in [1.29, 1.82) is 0 Å². The summed E-state index contributed by atoms with van der Waals surface area (Å²) in [4.78, 5) is 13.5. The molecule has 100 valence electrons. The molecule has 0 unspecified atom stereocenters. The number of sulfone groups is 1. The summed E-state index contributed by atoms with van der Waals surface area (Å²) in [6, 6.07) is 7.13. The SMILES string of the molecule is CNc1ccccc1C(=O)N(C)CCS(C)(=O)=O. The number of hydrogen-bond acceptors (Lipinski definition) is 4. The van der Waals surface area contributed by atoms with Crippen molar-refractivity contribution in [2.75, 3.05) is 38.0 Å². The first kappa shape index (κ1) is 14.5. The van der Waals surface area contributed by atoms with Gasteiger partial charge in [0.15, 0.2) is 0 Å². The third-order valence-corrected chi connectivity index (χ3v) is 3.50. The minimum atomic E-state index is -3.06. The quantitative estimate of drug-likeness (QED) is 0.861. The van der Waals surface area contributed by atoms with Crippen LogP contribution in [0.4, 0.5) is 5.69 Å². The fraction of sp³-hybridized carbons (Fsp3) is 0.417. The monoisotopic (exact) mass is 270 g/mol. The number of carbonyl (C=O) groups is 1. The predicted molar refractivity (Wildman–Crippen MR) is 72.7 cm³/mol. The summed E-state index contributed by atoms with van der Waals surface area (Å²) in [5.74, 6) is -0.222. The third-order valence-electron chi connectivity index (χ3n) is 2.57. The molecule has 1 amide bonds. The fourth-order valence-corrected chi connectivity index (χ4v) is 2.10. The largest absolute Gasteiger partial charge is 0.387 e. The van der Waals surface area contributed by atoms with Crippen molar-refractivity contribution in [3.63, 3.8) is 0 Å². The van der Waals surface area contributed by atoms with Crippen LogP contribution in [0.5, 0.6) is 0 Å². The highest BCUT2D eigenvalue weighted by Gasteiger charge is 2.16. The molecular formula is C12H18N2O3S. The van der Waals surface area contributed by atoms with Gasteiger partial charge in [-0.2, -0.15) is 0 Å². The number of amides is 1. The van der Waals surface area contributed by atoms with Gasteiger partial charge >= 0.3 is 0 Å². The number of carbonyl (C=O) groups excluding carboxylic acids is 1. The Bertz CT molecular complexity index is 526. The van der Waals surface area contributed by atoms with E-state index in [0.29, 0.717) is 5.56 Å². The maximum Gasteiger partial charge on any atom is 0.255 e. The summed E-state index contributed by atoms with van der Waals surface area (Å²) in [6.07, 6.45) is 1.16. The second-order valence-electron chi connectivity index (χ2n) is 4.15. The van der Waals surface area contributed by atoms with Gasteiger partial charge in [0.1, 0.15) is 9.84 Å². The van der Waals surface area contributed by atoms with Crippen molar-refractivity contribution < 1.29 is 13.2 Å². The Morgan fingerprint density at radius 1 is 1.33 bits per heavy atom. The first-order valence-electron chi connectivity index (χ1n) is 5.55. The minimum Gasteiger partial charge on any atom is -0.387 e. The molecule has 0 saturated heterocycles. The Balaban J connectivity index is 2.80. The summed E-state index contributed by atoms with van der Waals surface area (Å²) in [5, 5.41) is 2.94. The summed E-state index contributed by atoms with van der Waals surface area (Å²) < 4.78 is 22.1. The molecule has 5 nitrogen and oxygen atoms in total. The van der Waals surface area contributed by atoms with Crippen LogP contribution in [-0.4, -0.2) is 51.9 Å². The lowest BCUT2D eigenvalue weighted by Crippen LogP contribution is -2.31. The van der Waals surface area contributed by atoms with Crippen LogP contribution in [0.2, 0.25) is 0 Å². The first-order chi connectivity index (χ1) is 8.35. The molecule has 1 N–H and O–H groups in total. The van der Waals surface area contributed by atoms with E-state index in [9.17, 15) is 13.2 Å². The predicted octanol–water partition coefficient (Wildman–Crippen LogP) is 0.845. The Morgan fingerprint density at radius 3 is 2.50 bits per heavy atom. The highest BCUT2D eigenvalue weighted by atomic mass is 32.2. The van der Waals surface area contributed by atoms with Gasteiger partial charge in [-0.3, -0.25) is 4.79 Å². The van der Waals surface area contributed by atoms with Crippen molar-refractivity contribution in [3.8, 4) is 0 Å². The van der Waals surface area contributed by atoms with E-state index in [1.54, 1.807) is 32.3 Å². The molecule has 0 saturated carbocycles. The van der Waals surface area contributed by atoms with Crippen LogP contribution in [0.25, 0.3) is 0 Å². The Morgan fingerprint density at radius 2 is 1.94 bits per heavy atom. The zero-order valence-electron chi connectivity index (χ0n) is 10.8. The standard InChI is InChI=1S/C12H18N2O3S/c1-13-11-7-5-4-6-10(11)12(15)14(2)8-9-18(3,16)17/h4-7,13H,8-9H2,1-3H3. The van der Waals surface area contributed by atoms with Gasteiger partial charge in [0.2, 0.25) is 0 Å². The second kappa shape index (κ2) is 5.86. The Hall–Kier alpha value is -1.56. The van der Waals surface area contributed by atoms with Crippen LogP contribution in [0.3, 0.4) is 0 Å². The molecule has 1 aromatic carbocycles. The minimum absolute atomic E-state index is 0.0308. The van der Waals surface area contributed by atoms with Gasteiger partial charge in [-0.05, 0) is 12.1 Å². The molecular weight excluding hydrogens is 252 g/mol. The van der Waals surface area contributed by atoms with E-state index in [-0.39, 0.29) is 18.2 Å². The van der Waals surface area contributed by atoms with E-state index in [1.165, 1.54) is 4.90 Å². The lowest BCUT2D eigenvalue weighted by molar-refractivity contribution is 0.0804. The summed E-state index contributed by atoms with van der Waals surface area (Å²) >= 11 is 0. The van der Waals surface area contributed by atoms with E-state index in [4.69, 9.17) is 0 Å². The maximum absolute atomic E-state index is 12.1. The number of para-hydroxylation sites is 1. The van der Waals surface area contributed by atoms with Gasteiger partial charge in [0.05, 0.1) is 11.3 Å². The Kier molecular flexibility index (Phi) is 4.72. The molecule has 1 rings (SSSR count). The summed E-state index contributed by atoms with van der Waals surface area (Å²) in [6.45, 7) is 0.190. The first-order valence-corrected chi connectivity index (χ1v) is 7.61. The van der Waals surface area contributed by atoms with E-state index in [2.05, 4.69) is 5.32 Å². The van der Waals surface area contributed by atoms with Crippen LogP contribution < -0.4 is 5.32 Å². The van der Waals surface area contributed by atoms with Crippen LogP contribution in [0.15, 0.2) is 24.3 Å². The molecule has 0 aliphatic carbocycles. The van der Waals surface area contributed by atoms with E-state index < -0.39 is 9.84 Å². The topological polar surface area (TPSA) is 66.5 Å². The van der Waals surface area contributed by atoms with E-state index in [0.717, 1.165) is 11.9 Å². The molecule has 0 atom stereocenters. The van der Waals surface area contributed by atoms with Crippen molar-refractivity contribution in [2.24, 2.45) is 0 Å². The van der Waals surface area contributed by atoms with E-state index in [1.807, 2.05) is 6.07 Å². The van der Waals surface area contributed by atoms with Crippen molar-refractivity contribution in [3.05, 3.63) is 29.8 Å². The number of anilines is 1. The maximum atomic E-state index is 12.1. The number of nitrogens with zero attached hydrogens (tertiary/aromatic N) is 1. The number of hydrogen-bond donors (Lipinski definition) is 1. The summed E-state index contributed by atoms with van der Waals surface area (Å²) in [5.41, 5.74) is 1.27. The smallest absolute Gasteiger partial charge is 0.255 e. The van der Waals surface area contributed by atoms with Gasteiger partial charge in [0.25, 0.3) is 5.91 Å². The average molecular weight is 270 g/mol. The normalized spacial score (nSPS) is 11.1. The van der Waals surface area contributed by atoms with Crippen LogP contribution in [0.1, 0.15) is 10.4 Å². The highest BCUT2D eigenvalue weighted by Crippen LogP contribution is 2.15. The molecule has 0 aromatic heterocycles. The van der Waals surface area contributed by atoms with Crippen LogP contribution in [-0.2, 0) is 9.84 Å². The average Bonchev–Trinajstić information content (AvgIpc) is 2.34. The van der Waals surface area contributed by atoms with Gasteiger partial charge in [-0.25, -0.2) is 8.42 Å². The van der Waals surface area contributed by atoms with Crippen molar-refractivity contribution in [2.45, 2.75) is 0 Å². The van der Waals surface area contributed by atoms with Gasteiger partial charge < -0.3 is 10.2 Å². The van der Waals surface area contributed by atoms with Crippen molar-refractivity contribution >= 4 is 21.4 Å². The molecule has 0 aliphatic heterocycles. The molecule has 18 heavy (non-hydrogen) atoms. The highest BCUT2D eigenvalue weighted by molar-refractivity contribution is 7.90. The van der Waals surface area contributed by atoms with E-state index >= 15 is 0 Å². The van der Waals surface area contributed by atoms with Crippen LogP contribution >= 0.6 is 0 Å². The fourth-order valence-electron chi connectivity index (χ4n) is 1.50. The number of nitrogens with one attached hydrogen (secondary N) is 1. The Labute approximate surface area is 108 Å². The molecule has 0 heterocycles. The lowest BCUT2D eigenvalue weighted by atomic mass is 10.1. The van der Waals surface area contributed by atoms with Gasteiger partial charge in [-0.1, -0.05) is 12.1 Å². The number of benzene rings is 1. The third kappa shape index (κ3) is 4.03.